The number of carbonyl (C=O) groups excluding carboxylic acids is 2. The Hall–Kier alpha value is -2.11. The van der Waals surface area contributed by atoms with E-state index in [0.717, 1.165) is 0 Å². The van der Waals surface area contributed by atoms with Crippen molar-refractivity contribution in [2.45, 2.75) is 63.6 Å². The minimum Gasteiger partial charge on any atom is -0.477 e. The largest absolute Gasteiger partial charge is 0.477 e. The van der Waals surface area contributed by atoms with E-state index >= 15 is 0 Å². The molecule has 6 atom stereocenters. The highest BCUT2D eigenvalue weighted by Gasteiger charge is 2.60. The van der Waals surface area contributed by atoms with Crippen molar-refractivity contribution in [1.29, 1.82) is 0 Å². The van der Waals surface area contributed by atoms with Crippen molar-refractivity contribution in [2.75, 3.05) is 19.6 Å². The van der Waals surface area contributed by atoms with Crippen LogP contribution < -0.4 is 11.1 Å². The summed E-state index contributed by atoms with van der Waals surface area (Å²) in [5.74, 6) is -2.17. The third kappa shape index (κ3) is 4.13. The molecule has 32 heavy (non-hydrogen) atoms. The van der Waals surface area contributed by atoms with E-state index in [1.807, 2.05) is 20.8 Å². The summed E-state index contributed by atoms with van der Waals surface area (Å²) in [5, 5.41) is 23.0. The van der Waals surface area contributed by atoms with Gasteiger partial charge < -0.3 is 31.1 Å². The number of aliphatic hydroxyl groups is 1. The summed E-state index contributed by atoms with van der Waals surface area (Å²) in [5.41, 5.74) is 5.31. The lowest BCUT2D eigenvalue weighted by molar-refractivity contribution is -0.163. The normalized spacial score (nSPS) is 32.9. The van der Waals surface area contributed by atoms with E-state index in [-0.39, 0.29) is 46.8 Å². The summed E-state index contributed by atoms with van der Waals surface area (Å²) in [4.78, 5) is 44.8. The molecule has 0 bridgehead atoms. The van der Waals surface area contributed by atoms with Gasteiger partial charge in [0.1, 0.15) is 5.70 Å². The van der Waals surface area contributed by atoms with Crippen LogP contribution in [0.4, 0.5) is 0 Å². The summed E-state index contributed by atoms with van der Waals surface area (Å²) >= 11 is 1.44. The molecule has 4 rings (SSSR count). The fraction of sp³-hybridized carbons (Fsp3) is 0.714. The molecule has 178 valence electrons. The van der Waals surface area contributed by atoms with Crippen LogP contribution in [0.1, 0.15) is 34.1 Å². The van der Waals surface area contributed by atoms with Gasteiger partial charge in [-0.15, -0.1) is 11.8 Å². The van der Waals surface area contributed by atoms with E-state index in [9.17, 15) is 24.6 Å². The number of rotatable bonds is 6. The predicted octanol–water partition coefficient (Wildman–Crippen LogP) is -0.172. The van der Waals surface area contributed by atoms with Gasteiger partial charge in [-0.25, -0.2) is 4.79 Å². The minimum atomic E-state index is -1.13. The van der Waals surface area contributed by atoms with E-state index in [1.54, 1.807) is 11.8 Å². The van der Waals surface area contributed by atoms with Gasteiger partial charge >= 0.3 is 5.97 Å². The standard InChI is InChI=1S/C19H27N5O5S.C2H6/c1-8-14-13(9(2)25)18(27)24(14)15(19(28)29)16(8)30-11-3-12(21-4-11)17(26)23-5-10(6-23)22-7-20;1-2/h7-14,21,25H,3-6H2,1-2H3,(H2,20,22)(H,28,29);1-2H3/t8-,9+,11+,12+,13-,14-;/m1./s1. The number of carboxylic acids is 1. The fourth-order valence-electron chi connectivity index (χ4n) is 4.91. The number of hydrogen-bond donors (Lipinski definition) is 4. The summed E-state index contributed by atoms with van der Waals surface area (Å²) < 4.78 is 0. The monoisotopic (exact) mass is 467 g/mol. The Bertz CT molecular complexity index is 825. The topological polar surface area (TPSA) is 149 Å². The number of nitrogens with zero attached hydrogens (tertiary/aromatic N) is 3. The molecule has 10 nitrogen and oxygen atoms in total. The molecule has 0 aromatic carbocycles. The van der Waals surface area contributed by atoms with E-state index in [1.165, 1.54) is 23.0 Å². The van der Waals surface area contributed by atoms with Crippen molar-refractivity contribution in [3.63, 3.8) is 0 Å². The Kier molecular flexibility index (Phi) is 7.51. The zero-order chi connectivity index (χ0) is 23.7. The molecule has 5 N–H and O–H groups in total. The first-order chi connectivity index (χ1) is 15.2. The molecule has 3 fully saturated rings. The van der Waals surface area contributed by atoms with Gasteiger partial charge in [0.05, 0.1) is 36.5 Å². The molecule has 4 aliphatic rings. The zero-order valence-corrected chi connectivity index (χ0v) is 19.7. The van der Waals surface area contributed by atoms with E-state index in [4.69, 9.17) is 5.73 Å². The van der Waals surface area contributed by atoms with Crippen LogP contribution in [-0.4, -0.2) is 93.2 Å². The number of likely N-dealkylation sites (tertiary alicyclic amines) is 1. The van der Waals surface area contributed by atoms with Gasteiger partial charge in [-0.2, -0.15) is 0 Å². The lowest BCUT2D eigenvalue weighted by atomic mass is 9.79. The third-order valence-corrected chi connectivity index (χ3v) is 7.98. The minimum absolute atomic E-state index is 0.0272. The lowest BCUT2D eigenvalue weighted by Gasteiger charge is -2.46. The van der Waals surface area contributed by atoms with Crippen LogP contribution in [-0.2, 0) is 14.4 Å². The smallest absolute Gasteiger partial charge is 0.353 e. The SMILES string of the molecule is CC.C[C@H](O)[C@H]1C(=O)N2C(C(=O)O)=C(S[C@@H]3CN[C@H](C(=O)N4CC(N=CN)C4)C3)[C@H](C)[C@H]12. The summed E-state index contributed by atoms with van der Waals surface area (Å²) in [6.07, 6.45) is 1.03. The Morgan fingerprint density at radius 3 is 2.56 bits per heavy atom. The van der Waals surface area contributed by atoms with Crippen LogP contribution in [0.15, 0.2) is 15.6 Å². The second-order valence-electron chi connectivity index (χ2n) is 8.40. The Labute approximate surface area is 192 Å². The molecule has 0 saturated carbocycles. The number of carbonyl (C=O) groups is 3. The molecular formula is C21H33N5O5S. The van der Waals surface area contributed by atoms with Crippen LogP contribution in [0, 0.1) is 11.8 Å². The van der Waals surface area contributed by atoms with Crippen LogP contribution in [0.25, 0.3) is 0 Å². The molecule has 3 saturated heterocycles. The second kappa shape index (κ2) is 9.80. The third-order valence-electron chi connectivity index (χ3n) is 6.46. The highest BCUT2D eigenvalue weighted by molar-refractivity contribution is 8.03. The molecule has 0 aromatic rings. The second-order valence-corrected chi connectivity index (χ2v) is 9.75. The van der Waals surface area contributed by atoms with Gasteiger partial charge in [-0.05, 0) is 13.3 Å². The van der Waals surface area contributed by atoms with Gasteiger partial charge in [0.15, 0.2) is 0 Å². The lowest BCUT2D eigenvalue weighted by Crippen LogP contribution is -2.63. The van der Waals surface area contributed by atoms with Gasteiger partial charge in [0.25, 0.3) is 0 Å². The maximum atomic E-state index is 12.7. The molecule has 2 amide bonds. The Morgan fingerprint density at radius 2 is 2.00 bits per heavy atom. The molecule has 4 aliphatic heterocycles. The number of aliphatic hydroxyl groups excluding tert-OH is 1. The number of aliphatic imine (C=N–C) groups is 1. The maximum Gasteiger partial charge on any atom is 0.353 e. The highest BCUT2D eigenvalue weighted by atomic mass is 32.2. The highest BCUT2D eigenvalue weighted by Crippen LogP contribution is 2.51. The van der Waals surface area contributed by atoms with Crippen LogP contribution >= 0.6 is 11.8 Å². The molecular weight excluding hydrogens is 434 g/mol. The van der Waals surface area contributed by atoms with Crippen LogP contribution in [0.3, 0.4) is 0 Å². The van der Waals surface area contributed by atoms with Crippen LogP contribution in [0.5, 0.6) is 0 Å². The summed E-state index contributed by atoms with van der Waals surface area (Å²) in [7, 11) is 0. The van der Waals surface area contributed by atoms with Gasteiger partial charge in [0, 0.05) is 35.7 Å². The van der Waals surface area contributed by atoms with Crippen molar-refractivity contribution < 1.29 is 24.6 Å². The fourth-order valence-corrected chi connectivity index (χ4v) is 6.39. The van der Waals surface area contributed by atoms with Crippen molar-refractivity contribution >= 4 is 35.9 Å². The van der Waals surface area contributed by atoms with Gasteiger partial charge in [0.2, 0.25) is 11.8 Å². The molecule has 0 aromatic heterocycles. The molecule has 0 unspecified atom stereocenters. The quantitative estimate of drug-likeness (QED) is 0.239. The van der Waals surface area contributed by atoms with Crippen molar-refractivity contribution in [2.24, 2.45) is 22.6 Å². The Balaban J connectivity index is 0.00000141. The first-order valence-corrected chi connectivity index (χ1v) is 12.0. The average Bonchev–Trinajstić information content (AvgIpc) is 3.28. The molecule has 11 heteroatoms. The molecule has 0 radical (unpaired) electrons. The molecule has 0 spiro atoms. The zero-order valence-electron chi connectivity index (χ0n) is 18.9. The van der Waals surface area contributed by atoms with E-state index in [0.29, 0.717) is 31.0 Å². The number of nitrogens with two attached hydrogens (primary N) is 1. The van der Waals surface area contributed by atoms with Crippen LogP contribution in [0.2, 0.25) is 0 Å². The summed E-state index contributed by atoms with van der Waals surface area (Å²) in [6, 6.07) is -0.559. The number of hydrogen-bond acceptors (Lipinski definition) is 7. The van der Waals surface area contributed by atoms with E-state index < -0.39 is 18.0 Å². The van der Waals surface area contributed by atoms with Crippen molar-refractivity contribution in [3.05, 3.63) is 10.6 Å². The number of aliphatic carboxylic acids is 1. The number of nitrogens with one attached hydrogen (secondary N) is 1. The number of amides is 2. The van der Waals surface area contributed by atoms with Crippen molar-refractivity contribution in [1.82, 2.24) is 15.1 Å². The molecule has 0 aliphatic carbocycles. The number of carboxylic acid groups (broad SMARTS) is 1. The summed E-state index contributed by atoms with van der Waals surface area (Å²) in [6.45, 7) is 9.18. The first-order valence-electron chi connectivity index (χ1n) is 11.1. The Morgan fingerprint density at radius 1 is 1.34 bits per heavy atom. The maximum absolute atomic E-state index is 12.7. The van der Waals surface area contributed by atoms with E-state index in [2.05, 4.69) is 10.3 Å². The number of fused-ring (bicyclic) bond motifs is 1. The average molecular weight is 468 g/mol. The van der Waals surface area contributed by atoms with Gasteiger partial charge in [-0.3, -0.25) is 14.6 Å². The predicted molar refractivity (Wildman–Crippen MR) is 122 cm³/mol. The van der Waals surface area contributed by atoms with Gasteiger partial charge in [-0.1, -0.05) is 20.8 Å². The van der Waals surface area contributed by atoms with Crippen molar-refractivity contribution in [3.8, 4) is 0 Å². The first kappa shape index (κ1) is 24.5. The number of β-lactam (4-membered cyclic amide) rings is 1. The molecule has 4 heterocycles. The number of thioether (sulfide) groups is 1.